The number of hydrogen-bond donors (Lipinski definition) is 1. The van der Waals surface area contributed by atoms with Gasteiger partial charge in [0.05, 0.1) is 6.26 Å². The maximum absolute atomic E-state index is 13.1. The van der Waals surface area contributed by atoms with Crippen molar-refractivity contribution in [2.24, 2.45) is 11.8 Å². The lowest BCUT2D eigenvalue weighted by Gasteiger charge is -2.35. The summed E-state index contributed by atoms with van der Waals surface area (Å²) in [5.41, 5.74) is 2.69. The molecule has 1 saturated heterocycles. The van der Waals surface area contributed by atoms with Crippen LogP contribution in [0.3, 0.4) is 0 Å². The van der Waals surface area contributed by atoms with Gasteiger partial charge in [-0.25, -0.2) is 12.7 Å². The average molecular weight is 396 g/mol. The van der Waals surface area contributed by atoms with Crippen LogP contribution in [0.2, 0.25) is 0 Å². The van der Waals surface area contributed by atoms with Crippen LogP contribution in [0.4, 0.5) is 0 Å². The zero-order chi connectivity index (χ0) is 19.3. The number of H-pyrrole nitrogens is 1. The molecule has 0 radical (unpaired) electrons. The lowest BCUT2D eigenvalue weighted by Crippen LogP contribution is -2.43. The van der Waals surface area contributed by atoms with Crippen molar-refractivity contribution < 1.29 is 13.2 Å². The van der Waals surface area contributed by atoms with Crippen LogP contribution in [0.25, 0.3) is 0 Å². The molecule has 9 heteroatoms. The van der Waals surface area contributed by atoms with Crippen molar-refractivity contribution in [3.63, 3.8) is 0 Å². The van der Waals surface area contributed by atoms with Crippen LogP contribution in [0, 0.1) is 11.8 Å². The molecule has 0 bridgehead atoms. The molecule has 1 aliphatic carbocycles. The van der Waals surface area contributed by atoms with E-state index in [2.05, 4.69) is 22.1 Å². The maximum atomic E-state index is 13.1. The summed E-state index contributed by atoms with van der Waals surface area (Å²) in [5.74, 6) is 0.887. The Labute approximate surface area is 160 Å². The molecule has 3 atom stereocenters. The second-order valence-corrected chi connectivity index (χ2v) is 10.5. The van der Waals surface area contributed by atoms with Gasteiger partial charge in [0.2, 0.25) is 10.0 Å². The van der Waals surface area contributed by atoms with Crippen LogP contribution in [0.5, 0.6) is 0 Å². The molecule has 3 aliphatic rings. The first-order valence-electron chi connectivity index (χ1n) is 9.71. The number of carbonyl (C=O) groups is 1. The summed E-state index contributed by atoms with van der Waals surface area (Å²) in [6.07, 6.45) is 4.84. The number of fused-ring (bicyclic) bond motifs is 2. The molecule has 1 amide bonds. The lowest BCUT2D eigenvalue weighted by atomic mass is 9.88. The minimum atomic E-state index is -3.18. The summed E-state index contributed by atoms with van der Waals surface area (Å²) >= 11 is 0. The predicted octanol–water partition coefficient (Wildman–Crippen LogP) is 0.530. The van der Waals surface area contributed by atoms with Crippen LogP contribution < -0.4 is 0 Å². The quantitative estimate of drug-likeness (QED) is 0.806. The molecule has 0 aromatic carbocycles. The van der Waals surface area contributed by atoms with Gasteiger partial charge in [-0.15, -0.1) is 0 Å². The minimum Gasteiger partial charge on any atom is -0.337 e. The van der Waals surface area contributed by atoms with Crippen molar-refractivity contribution in [2.45, 2.75) is 38.3 Å². The third-order valence-electron chi connectivity index (χ3n) is 6.69. The molecule has 2 aliphatic heterocycles. The standard InChI is InChI=1S/C18H29N5O3S/c1-21-6-5-16-15(11-21)17(20-19-16)18(24)23-7-4-12-8-14(9-13(12)10-23)22(2)27(3,25)26/h12-14H,4-11H2,1-3H3,(H,19,20)/t12-,13-,14+/m1/s1. The molecule has 1 saturated carbocycles. The van der Waals surface area contributed by atoms with Gasteiger partial charge in [-0.3, -0.25) is 9.89 Å². The predicted molar refractivity (Wildman–Crippen MR) is 102 cm³/mol. The van der Waals surface area contributed by atoms with Crippen molar-refractivity contribution >= 4 is 15.9 Å². The number of piperidine rings is 1. The molecule has 150 valence electrons. The summed E-state index contributed by atoms with van der Waals surface area (Å²) in [7, 11) is 0.560. The van der Waals surface area contributed by atoms with Crippen molar-refractivity contribution in [3.8, 4) is 0 Å². The molecule has 1 N–H and O–H groups in total. The van der Waals surface area contributed by atoms with Gasteiger partial charge in [0.25, 0.3) is 5.91 Å². The summed E-state index contributed by atoms with van der Waals surface area (Å²) < 4.78 is 25.2. The first kappa shape index (κ1) is 18.9. The van der Waals surface area contributed by atoms with E-state index in [4.69, 9.17) is 0 Å². The fourth-order valence-corrected chi connectivity index (χ4v) is 5.68. The van der Waals surface area contributed by atoms with Crippen LogP contribution in [-0.2, 0) is 23.0 Å². The van der Waals surface area contributed by atoms with E-state index in [1.54, 1.807) is 7.05 Å². The van der Waals surface area contributed by atoms with Gasteiger partial charge in [-0.05, 0) is 38.1 Å². The van der Waals surface area contributed by atoms with Crippen molar-refractivity contribution in [2.75, 3.05) is 40.0 Å². The van der Waals surface area contributed by atoms with Crippen LogP contribution in [0.15, 0.2) is 0 Å². The third kappa shape index (κ3) is 3.52. The average Bonchev–Trinajstić information content (AvgIpc) is 3.22. The van der Waals surface area contributed by atoms with E-state index in [1.807, 2.05) is 4.90 Å². The fraction of sp³-hybridized carbons (Fsp3) is 0.778. The molecule has 2 fully saturated rings. The second kappa shape index (κ2) is 6.86. The van der Waals surface area contributed by atoms with Gasteiger partial charge in [-0.2, -0.15) is 5.10 Å². The highest BCUT2D eigenvalue weighted by atomic mass is 32.2. The third-order valence-corrected chi connectivity index (χ3v) is 8.04. The number of rotatable bonds is 3. The van der Waals surface area contributed by atoms with Crippen molar-refractivity contribution in [3.05, 3.63) is 17.0 Å². The number of aromatic amines is 1. The van der Waals surface area contributed by atoms with Gasteiger partial charge in [0.1, 0.15) is 0 Å². The Morgan fingerprint density at radius 1 is 1.26 bits per heavy atom. The van der Waals surface area contributed by atoms with E-state index in [9.17, 15) is 13.2 Å². The monoisotopic (exact) mass is 395 g/mol. The van der Waals surface area contributed by atoms with Gasteiger partial charge in [-0.1, -0.05) is 0 Å². The molecule has 0 unspecified atom stereocenters. The number of likely N-dealkylation sites (N-methyl/N-ethyl adjacent to an activating group) is 1. The van der Waals surface area contributed by atoms with Crippen LogP contribution in [0.1, 0.15) is 41.0 Å². The summed E-state index contributed by atoms with van der Waals surface area (Å²) in [6, 6.07) is 0.0526. The second-order valence-electron chi connectivity index (χ2n) is 8.48. The van der Waals surface area contributed by atoms with E-state index < -0.39 is 10.0 Å². The Bertz CT molecular complexity index is 836. The molecule has 0 spiro atoms. The smallest absolute Gasteiger partial charge is 0.274 e. The number of likely N-dealkylation sites (tertiary alicyclic amines) is 1. The molecular weight excluding hydrogens is 366 g/mol. The Hall–Kier alpha value is -1.45. The van der Waals surface area contributed by atoms with Gasteiger partial charge in [0.15, 0.2) is 5.69 Å². The normalized spacial score (nSPS) is 29.0. The topological polar surface area (TPSA) is 89.6 Å². The molecule has 1 aromatic heterocycles. The number of nitrogens with zero attached hydrogens (tertiary/aromatic N) is 4. The first-order chi connectivity index (χ1) is 12.7. The maximum Gasteiger partial charge on any atom is 0.274 e. The van der Waals surface area contributed by atoms with E-state index >= 15 is 0 Å². The Balaban J connectivity index is 1.46. The first-order valence-corrected chi connectivity index (χ1v) is 11.6. The van der Waals surface area contributed by atoms with Crippen molar-refractivity contribution in [1.29, 1.82) is 0 Å². The molecule has 27 heavy (non-hydrogen) atoms. The number of hydrogen-bond acceptors (Lipinski definition) is 5. The van der Waals surface area contributed by atoms with Gasteiger partial charge >= 0.3 is 0 Å². The SMILES string of the molecule is CN1CCc2[nH]nc(C(=O)N3CC[C@@H]4C[C@H](N(C)S(C)(=O)=O)C[C@@H]4C3)c2C1. The largest absolute Gasteiger partial charge is 0.337 e. The number of nitrogens with one attached hydrogen (secondary N) is 1. The Kier molecular flexibility index (Phi) is 4.80. The summed E-state index contributed by atoms with van der Waals surface area (Å²) in [4.78, 5) is 17.3. The molecule has 3 heterocycles. The van der Waals surface area contributed by atoms with E-state index in [0.717, 1.165) is 56.6 Å². The van der Waals surface area contributed by atoms with E-state index in [-0.39, 0.29) is 11.9 Å². The Morgan fingerprint density at radius 3 is 2.74 bits per heavy atom. The van der Waals surface area contributed by atoms with E-state index in [0.29, 0.717) is 24.1 Å². The van der Waals surface area contributed by atoms with Crippen LogP contribution >= 0.6 is 0 Å². The van der Waals surface area contributed by atoms with Gasteiger partial charge < -0.3 is 9.80 Å². The summed E-state index contributed by atoms with van der Waals surface area (Å²) in [6.45, 7) is 3.17. The summed E-state index contributed by atoms with van der Waals surface area (Å²) in [5, 5.41) is 7.39. The number of carbonyl (C=O) groups excluding carboxylic acids is 1. The highest BCUT2D eigenvalue weighted by Crippen LogP contribution is 2.40. The lowest BCUT2D eigenvalue weighted by molar-refractivity contribution is 0.0619. The highest BCUT2D eigenvalue weighted by Gasteiger charge is 2.42. The zero-order valence-corrected chi connectivity index (χ0v) is 17.1. The Morgan fingerprint density at radius 2 is 2.00 bits per heavy atom. The number of aromatic nitrogens is 2. The van der Waals surface area contributed by atoms with Gasteiger partial charge in [0, 0.05) is 56.9 Å². The van der Waals surface area contributed by atoms with Crippen molar-refractivity contribution in [1.82, 2.24) is 24.3 Å². The fourth-order valence-electron chi connectivity index (χ4n) is 4.96. The van der Waals surface area contributed by atoms with E-state index in [1.165, 1.54) is 10.6 Å². The number of amides is 1. The molecule has 1 aromatic rings. The highest BCUT2D eigenvalue weighted by molar-refractivity contribution is 7.88. The molecule has 8 nitrogen and oxygen atoms in total. The minimum absolute atomic E-state index is 0.0150. The molecule has 4 rings (SSSR count). The van der Waals surface area contributed by atoms with Crippen LogP contribution in [-0.4, -0.2) is 84.7 Å². The zero-order valence-electron chi connectivity index (χ0n) is 16.3. The molecular formula is C18H29N5O3S. The number of sulfonamides is 1.